The third kappa shape index (κ3) is 5.34. The Morgan fingerprint density at radius 2 is 1.72 bits per heavy atom. The molecule has 0 unspecified atom stereocenters. The van der Waals surface area contributed by atoms with E-state index in [9.17, 15) is 0 Å². The molecule has 0 aliphatic carbocycles. The summed E-state index contributed by atoms with van der Waals surface area (Å²) in [6, 6.07) is 13.0. The topological polar surface area (TPSA) is 49.5 Å². The molecule has 2 N–H and O–H groups in total. The maximum Gasteiger partial charge on any atom is 0.161 e. The lowest BCUT2D eigenvalue weighted by Gasteiger charge is -2.32. The van der Waals surface area contributed by atoms with Crippen LogP contribution >= 0.6 is 24.8 Å². The minimum atomic E-state index is 0. The highest BCUT2D eigenvalue weighted by Gasteiger charge is 2.21. The van der Waals surface area contributed by atoms with E-state index in [0.717, 1.165) is 35.8 Å². The molecule has 1 fully saturated rings. The van der Waals surface area contributed by atoms with Crippen molar-refractivity contribution < 1.29 is 9.47 Å². The van der Waals surface area contributed by atoms with Gasteiger partial charge < -0.3 is 24.7 Å². The number of hydrogen-bond acceptors (Lipinski definition) is 4. The Balaban J connectivity index is 0.00000181. The smallest absolute Gasteiger partial charge is 0.161 e. The lowest BCUT2D eigenvalue weighted by molar-refractivity contribution is 0.214. The zero-order chi connectivity index (χ0) is 21.1. The van der Waals surface area contributed by atoms with Crippen molar-refractivity contribution >= 4 is 35.7 Å². The van der Waals surface area contributed by atoms with Crippen molar-refractivity contribution in [2.45, 2.75) is 25.7 Å². The third-order valence-corrected chi connectivity index (χ3v) is 6.49. The molecule has 0 radical (unpaired) electrons. The SMILES string of the molecule is CNCCN1CCC(c2ccc3[nH]c(-c4ccc(OC)c(OC)c4)c(C)c3c2)CC1.Cl.Cl. The fourth-order valence-corrected chi connectivity index (χ4v) is 4.64. The van der Waals surface area contributed by atoms with Crippen LogP contribution in [0.5, 0.6) is 11.5 Å². The Hall–Kier alpha value is -1.92. The third-order valence-electron chi connectivity index (χ3n) is 6.49. The molecule has 0 spiro atoms. The number of nitrogens with zero attached hydrogens (tertiary/aromatic N) is 1. The lowest BCUT2D eigenvalue weighted by Crippen LogP contribution is -2.37. The summed E-state index contributed by atoms with van der Waals surface area (Å²) in [6.45, 7) is 6.79. The molecule has 7 heteroatoms. The summed E-state index contributed by atoms with van der Waals surface area (Å²) in [4.78, 5) is 6.19. The highest BCUT2D eigenvalue weighted by atomic mass is 35.5. The fraction of sp³-hybridized carbons (Fsp3) is 0.440. The standard InChI is InChI=1S/C25H33N3O2.2ClH/c1-17-21-15-19(18-9-12-28(13-10-18)14-11-26-2)5-7-22(21)27-25(17)20-6-8-23(29-3)24(16-20)30-4;;/h5-8,15-16,18,26-27H,9-14H2,1-4H3;2*1H. The van der Waals surface area contributed by atoms with E-state index >= 15 is 0 Å². The number of fused-ring (bicyclic) bond motifs is 1. The Morgan fingerprint density at radius 1 is 1.00 bits per heavy atom. The van der Waals surface area contributed by atoms with Crippen LogP contribution < -0.4 is 14.8 Å². The van der Waals surface area contributed by atoms with Gasteiger partial charge in [-0.15, -0.1) is 24.8 Å². The summed E-state index contributed by atoms with van der Waals surface area (Å²) < 4.78 is 10.9. The van der Waals surface area contributed by atoms with Crippen LogP contribution in [0.15, 0.2) is 36.4 Å². The first-order valence-electron chi connectivity index (χ1n) is 10.9. The maximum absolute atomic E-state index is 5.50. The second-order valence-corrected chi connectivity index (χ2v) is 8.22. The predicted molar refractivity (Wildman–Crippen MR) is 138 cm³/mol. The van der Waals surface area contributed by atoms with Gasteiger partial charge in [0, 0.05) is 35.2 Å². The molecule has 0 atom stereocenters. The number of benzene rings is 2. The summed E-state index contributed by atoms with van der Waals surface area (Å²) in [7, 11) is 5.37. The number of nitrogens with one attached hydrogen (secondary N) is 2. The summed E-state index contributed by atoms with van der Waals surface area (Å²) in [5.74, 6) is 2.15. The van der Waals surface area contributed by atoms with Crippen molar-refractivity contribution in [1.29, 1.82) is 0 Å². The molecule has 5 nitrogen and oxygen atoms in total. The first-order valence-corrected chi connectivity index (χ1v) is 10.9. The van der Waals surface area contributed by atoms with Crippen molar-refractivity contribution in [2.75, 3.05) is 47.4 Å². The number of likely N-dealkylation sites (N-methyl/N-ethyl adjacent to an activating group) is 1. The van der Waals surface area contributed by atoms with E-state index in [2.05, 4.69) is 46.4 Å². The number of hydrogen-bond donors (Lipinski definition) is 2. The number of methoxy groups -OCH3 is 2. The highest BCUT2D eigenvalue weighted by molar-refractivity contribution is 5.91. The molecule has 3 aromatic rings. The van der Waals surface area contributed by atoms with E-state index in [1.807, 2.05) is 19.2 Å². The lowest BCUT2D eigenvalue weighted by atomic mass is 9.88. The molecule has 176 valence electrons. The molecule has 0 saturated carbocycles. The van der Waals surface area contributed by atoms with E-state index in [0.29, 0.717) is 5.92 Å². The van der Waals surface area contributed by atoms with Crippen LogP contribution in [0.1, 0.15) is 29.9 Å². The quantitative estimate of drug-likeness (QED) is 0.475. The number of H-pyrrole nitrogens is 1. The number of halogens is 2. The summed E-state index contributed by atoms with van der Waals surface area (Å²) in [5.41, 5.74) is 6.19. The van der Waals surface area contributed by atoms with E-state index in [1.54, 1.807) is 14.2 Å². The molecule has 1 aliphatic heterocycles. The number of aromatic amines is 1. The number of ether oxygens (including phenoxy) is 2. The molecule has 0 amide bonds. The van der Waals surface area contributed by atoms with Gasteiger partial charge in [0.2, 0.25) is 0 Å². The summed E-state index contributed by atoms with van der Waals surface area (Å²) in [5, 5.41) is 4.57. The van der Waals surface area contributed by atoms with Crippen molar-refractivity contribution in [2.24, 2.45) is 0 Å². The van der Waals surface area contributed by atoms with E-state index in [-0.39, 0.29) is 24.8 Å². The number of piperidine rings is 1. The van der Waals surface area contributed by atoms with Gasteiger partial charge in [0.25, 0.3) is 0 Å². The monoisotopic (exact) mass is 479 g/mol. The second kappa shape index (κ2) is 11.8. The van der Waals surface area contributed by atoms with Crippen LogP contribution in [0.3, 0.4) is 0 Å². The first-order chi connectivity index (χ1) is 14.6. The Labute approximate surface area is 203 Å². The Bertz CT molecular complexity index is 1010. The van der Waals surface area contributed by atoms with Crippen molar-refractivity contribution in [3.63, 3.8) is 0 Å². The van der Waals surface area contributed by atoms with Crippen molar-refractivity contribution in [3.8, 4) is 22.8 Å². The maximum atomic E-state index is 5.50. The van der Waals surface area contributed by atoms with Gasteiger partial charge in [-0.3, -0.25) is 0 Å². The van der Waals surface area contributed by atoms with Gasteiger partial charge in [-0.25, -0.2) is 0 Å². The molecule has 1 aromatic heterocycles. The van der Waals surface area contributed by atoms with Crippen LogP contribution in [0.4, 0.5) is 0 Å². The first kappa shape index (κ1) is 26.3. The second-order valence-electron chi connectivity index (χ2n) is 8.22. The fourth-order valence-electron chi connectivity index (χ4n) is 4.64. The van der Waals surface area contributed by atoms with Gasteiger partial charge in [0.15, 0.2) is 11.5 Å². The molecule has 1 saturated heterocycles. The molecule has 2 heterocycles. The van der Waals surface area contributed by atoms with E-state index < -0.39 is 0 Å². The van der Waals surface area contributed by atoms with Gasteiger partial charge in [0.05, 0.1) is 14.2 Å². The normalized spacial score (nSPS) is 14.6. The molecule has 1 aliphatic rings. The molecule has 32 heavy (non-hydrogen) atoms. The van der Waals surface area contributed by atoms with E-state index in [1.165, 1.54) is 48.0 Å². The number of likely N-dealkylation sites (tertiary alicyclic amines) is 1. The largest absolute Gasteiger partial charge is 0.493 e. The highest BCUT2D eigenvalue weighted by Crippen LogP contribution is 2.37. The van der Waals surface area contributed by atoms with Crippen LogP contribution in [0, 0.1) is 6.92 Å². The van der Waals surface area contributed by atoms with Gasteiger partial charge >= 0.3 is 0 Å². The number of aryl methyl sites for hydroxylation is 1. The number of aromatic nitrogens is 1. The van der Waals surface area contributed by atoms with Crippen molar-refractivity contribution in [1.82, 2.24) is 15.2 Å². The minimum absolute atomic E-state index is 0. The van der Waals surface area contributed by atoms with Crippen LogP contribution in [0.2, 0.25) is 0 Å². The molecular formula is C25H35Cl2N3O2. The zero-order valence-corrected chi connectivity index (χ0v) is 21.0. The Kier molecular flexibility index (Phi) is 9.71. The molecule has 0 bridgehead atoms. The van der Waals surface area contributed by atoms with Gasteiger partial charge in [-0.05, 0) is 87.3 Å². The number of rotatable bonds is 7. The van der Waals surface area contributed by atoms with Crippen LogP contribution in [0.25, 0.3) is 22.2 Å². The molecular weight excluding hydrogens is 445 g/mol. The Morgan fingerprint density at radius 3 is 2.38 bits per heavy atom. The predicted octanol–water partition coefficient (Wildman–Crippen LogP) is 5.40. The average Bonchev–Trinajstić information content (AvgIpc) is 3.13. The van der Waals surface area contributed by atoms with Gasteiger partial charge in [0.1, 0.15) is 0 Å². The molecule has 2 aromatic carbocycles. The minimum Gasteiger partial charge on any atom is -0.493 e. The molecule has 4 rings (SSSR count). The van der Waals surface area contributed by atoms with Crippen LogP contribution in [-0.2, 0) is 0 Å². The average molecular weight is 480 g/mol. The summed E-state index contributed by atoms with van der Waals surface area (Å²) in [6.07, 6.45) is 2.47. The van der Waals surface area contributed by atoms with E-state index in [4.69, 9.17) is 9.47 Å². The van der Waals surface area contributed by atoms with Crippen molar-refractivity contribution in [3.05, 3.63) is 47.5 Å². The summed E-state index contributed by atoms with van der Waals surface area (Å²) >= 11 is 0. The van der Waals surface area contributed by atoms with Crippen LogP contribution in [-0.4, -0.2) is 57.3 Å². The van der Waals surface area contributed by atoms with Gasteiger partial charge in [-0.2, -0.15) is 0 Å². The zero-order valence-electron chi connectivity index (χ0n) is 19.4. The van der Waals surface area contributed by atoms with Gasteiger partial charge in [-0.1, -0.05) is 6.07 Å².